The third kappa shape index (κ3) is 31.3. The van der Waals surface area contributed by atoms with Crippen LogP contribution in [0, 0.1) is 0 Å². The molecule has 8 nitrogen and oxygen atoms in total. The van der Waals surface area contributed by atoms with Crippen LogP contribution in [-0.2, 0) is 28.6 Å². The second-order valence-electron chi connectivity index (χ2n) is 14.1. The molecule has 0 radical (unpaired) electrons. The van der Waals surface area contributed by atoms with E-state index in [1.165, 1.54) is 57.8 Å². The number of unbranched alkanes of at least 4 members (excludes halogenated alkanes) is 14. The number of carboxylic acids is 1. The van der Waals surface area contributed by atoms with E-state index in [-0.39, 0.29) is 42.7 Å². The van der Waals surface area contributed by atoms with E-state index in [0.717, 1.165) is 57.8 Å². The largest absolute Gasteiger partial charge is 0.477 e. The summed E-state index contributed by atoms with van der Waals surface area (Å²) in [4.78, 5) is 36.7. The molecule has 0 aromatic carbocycles. The van der Waals surface area contributed by atoms with Crippen molar-refractivity contribution in [2.45, 2.75) is 167 Å². The summed E-state index contributed by atoms with van der Waals surface area (Å²) in [5, 5.41) is 9.57. The van der Waals surface area contributed by atoms with Crippen molar-refractivity contribution in [2.75, 3.05) is 41.0 Å². The Morgan fingerprint density at radius 2 is 1.14 bits per heavy atom. The van der Waals surface area contributed by atoms with Crippen molar-refractivity contribution in [3.05, 3.63) is 36.5 Å². The highest BCUT2D eigenvalue weighted by Gasteiger charge is 2.31. The molecule has 0 heterocycles. The smallest absolute Gasteiger partial charge is 0.362 e. The molecule has 0 fully saturated rings. The molecule has 49 heavy (non-hydrogen) atoms. The number of aliphatic carboxylic acids is 1. The van der Waals surface area contributed by atoms with E-state index < -0.39 is 18.1 Å². The summed E-state index contributed by atoms with van der Waals surface area (Å²) in [5.41, 5.74) is 0. The number of allylic oxidation sites excluding steroid dienone is 6. The standard InChI is InChI=1S/C41H73NO7/c1-6-8-10-12-14-16-17-18-19-20-21-22-24-25-27-29-31-39(43)48-36-37(35-47-34-33-38(41(45)46)42(3,4)5)49-40(44)32-30-28-26-23-15-13-11-9-7-2/h9,11,15,19-20,23,37-38H,6-8,10,12-14,16-18,21-22,24-36H2,1-5H3/p+1/b11-9+,20-19+,23-15+. The topological polar surface area (TPSA) is 99.1 Å². The molecule has 0 amide bonds. The molecule has 0 aromatic rings. The number of quaternary nitrogens is 1. The molecule has 0 aliphatic heterocycles. The van der Waals surface area contributed by atoms with Gasteiger partial charge in [-0.2, -0.15) is 0 Å². The number of esters is 2. The van der Waals surface area contributed by atoms with Crippen molar-refractivity contribution in [1.29, 1.82) is 0 Å². The van der Waals surface area contributed by atoms with Crippen molar-refractivity contribution in [1.82, 2.24) is 0 Å². The molecule has 0 saturated carbocycles. The van der Waals surface area contributed by atoms with Crippen molar-refractivity contribution in [3.63, 3.8) is 0 Å². The lowest BCUT2D eigenvalue weighted by Crippen LogP contribution is -2.50. The number of carbonyl (C=O) groups excluding carboxylic acids is 2. The van der Waals surface area contributed by atoms with Gasteiger partial charge in [-0.3, -0.25) is 9.59 Å². The van der Waals surface area contributed by atoms with Gasteiger partial charge in [0.1, 0.15) is 6.61 Å². The van der Waals surface area contributed by atoms with Crippen LogP contribution in [-0.4, -0.2) is 80.6 Å². The van der Waals surface area contributed by atoms with Gasteiger partial charge in [0.25, 0.3) is 0 Å². The first-order valence-electron chi connectivity index (χ1n) is 19.5. The van der Waals surface area contributed by atoms with Crippen LogP contribution in [0.25, 0.3) is 0 Å². The Balaban J connectivity index is 4.38. The molecule has 8 heteroatoms. The van der Waals surface area contributed by atoms with Gasteiger partial charge in [0.2, 0.25) is 0 Å². The Labute approximate surface area is 300 Å². The van der Waals surface area contributed by atoms with E-state index in [2.05, 4.69) is 50.3 Å². The van der Waals surface area contributed by atoms with Crippen LogP contribution in [0.15, 0.2) is 36.5 Å². The van der Waals surface area contributed by atoms with Crippen molar-refractivity contribution in [3.8, 4) is 0 Å². The van der Waals surface area contributed by atoms with Crippen LogP contribution in [0.3, 0.4) is 0 Å². The van der Waals surface area contributed by atoms with Crippen molar-refractivity contribution < 1.29 is 38.2 Å². The molecule has 284 valence electrons. The molecule has 0 saturated heterocycles. The highest BCUT2D eigenvalue weighted by atomic mass is 16.6. The molecule has 1 N–H and O–H groups in total. The first-order valence-corrected chi connectivity index (χ1v) is 19.5. The van der Waals surface area contributed by atoms with E-state index in [1.807, 2.05) is 21.1 Å². The molecule has 2 atom stereocenters. The Morgan fingerprint density at radius 1 is 0.633 bits per heavy atom. The maximum Gasteiger partial charge on any atom is 0.362 e. The van der Waals surface area contributed by atoms with Crippen molar-refractivity contribution in [2.24, 2.45) is 0 Å². The number of carbonyl (C=O) groups is 3. The molecule has 0 rings (SSSR count). The zero-order valence-electron chi connectivity index (χ0n) is 32.1. The van der Waals surface area contributed by atoms with Crippen molar-refractivity contribution >= 4 is 17.9 Å². The van der Waals surface area contributed by atoms with E-state index in [4.69, 9.17) is 14.2 Å². The first-order chi connectivity index (χ1) is 23.6. The van der Waals surface area contributed by atoms with E-state index in [9.17, 15) is 19.5 Å². The van der Waals surface area contributed by atoms with Gasteiger partial charge in [0, 0.05) is 19.3 Å². The van der Waals surface area contributed by atoms with Gasteiger partial charge < -0.3 is 23.8 Å². The Morgan fingerprint density at radius 3 is 1.73 bits per heavy atom. The SMILES string of the molecule is CC/C=C/C/C=C/CCCCC(=O)OC(COCCC(C(=O)O)[N+](C)(C)C)COC(=O)CCCCCCC/C=C/CCCCCCCCC. The average Bonchev–Trinajstić information content (AvgIpc) is 3.05. The van der Waals surface area contributed by atoms with Crippen LogP contribution < -0.4 is 0 Å². The predicted octanol–water partition coefficient (Wildman–Crippen LogP) is 9.91. The molecule has 0 aliphatic carbocycles. The summed E-state index contributed by atoms with van der Waals surface area (Å²) in [6.45, 7) is 4.55. The minimum atomic E-state index is -0.883. The van der Waals surface area contributed by atoms with Gasteiger partial charge in [-0.1, -0.05) is 108 Å². The molecule has 0 aliphatic rings. The maximum atomic E-state index is 12.6. The minimum absolute atomic E-state index is 0.0456. The average molecular weight is 693 g/mol. The summed E-state index contributed by atoms with van der Waals surface area (Å²) in [7, 11) is 5.50. The number of ether oxygens (including phenoxy) is 3. The van der Waals surface area contributed by atoms with Crippen LogP contribution >= 0.6 is 0 Å². The van der Waals surface area contributed by atoms with E-state index in [0.29, 0.717) is 19.3 Å². The van der Waals surface area contributed by atoms with Gasteiger partial charge in [0.15, 0.2) is 12.1 Å². The minimum Gasteiger partial charge on any atom is -0.477 e. The van der Waals surface area contributed by atoms with Crippen LogP contribution in [0.2, 0.25) is 0 Å². The predicted molar refractivity (Wildman–Crippen MR) is 201 cm³/mol. The molecule has 0 aromatic heterocycles. The van der Waals surface area contributed by atoms with Gasteiger partial charge in [-0.05, 0) is 64.2 Å². The number of hydrogen-bond acceptors (Lipinski definition) is 6. The van der Waals surface area contributed by atoms with Gasteiger partial charge in [-0.15, -0.1) is 0 Å². The molecule has 0 bridgehead atoms. The fourth-order valence-corrected chi connectivity index (χ4v) is 5.47. The number of rotatable bonds is 34. The number of nitrogens with zero attached hydrogens (tertiary/aromatic N) is 1. The zero-order chi connectivity index (χ0) is 36.4. The highest BCUT2D eigenvalue weighted by Crippen LogP contribution is 2.13. The Kier molecular flexibility index (Phi) is 31.1. The second kappa shape index (κ2) is 32.7. The maximum absolute atomic E-state index is 12.6. The lowest BCUT2D eigenvalue weighted by Gasteiger charge is -2.31. The summed E-state index contributed by atoms with van der Waals surface area (Å²) in [6.07, 6.45) is 34.9. The summed E-state index contributed by atoms with van der Waals surface area (Å²) in [6, 6.07) is -0.619. The fraction of sp³-hybridized carbons (Fsp3) is 0.780. The number of likely N-dealkylation sites (N-methyl/N-ethyl adjacent to an activating group) is 1. The lowest BCUT2D eigenvalue weighted by molar-refractivity contribution is -0.887. The summed E-state index contributed by atoms with van der Waals surface area (Å²) >= 11 is 0. The van der Waals surface area contributed by atoms with E-state index in [1.54, 1.807) is 0 Å². The Bertz CT molecular complexity index is 906. The zero-order valence-corrected chi connectivity index (χ0v) is 32.1. The normalized spacial score (nSPS) is 13.4. The molecular formula is C41H74NO7+. The van der Waals surface area contributed by atoms with Gasteiger partial charge in [0.05, 0.1) is 34.4 Å². The number of hydrogen-bond donors (Lipinski definition) is 1. The van der Waals surface area contributed by atoms with Gasteiger partial charge in [-0.25, -0.2) is 4.79 Å². The monoisotopic (exact) mass is 693 g/mol. The number of carboxylic acid groups (broad SMARTS) is 1. The van der Waals surface area contributed by atoms with Crippen LogP contribution in [0.1, 0.15) is 155 Å². The fourth-order valence-electron chi connectivity index (χ4n) is 5.47. The summed E-state index contributed by atoms with van der Waals surface area (Å²) < 4.78 is 17.1. The molecule has 0 spiro atoms. The van der Waals surface area contributed by atoms with Gasteiger partial charge >= 0.3 is 17.9 Å². The molecule has 2 unspecified atom stereocenters. The Hall–Kier alpha value is -2.45. The highest BCUT2D eigenvalue weighted by molar-refractivity contribution is 5.72. The van der Waals surface area contributed by atoms with Crippen LogP contribution in [0.5, 0.6) is 0 Å². The van der Waals surface area contributed by atoms with E-state index >= 15 is 0 Å². The second-order valence-corrected chi connectivity index (χ2v) is 14.1. The lowest BCUT2D eigenvalue weighted by atomic mass is 10.1. The third-order valence-corrected chi connectivity index (χ3v) is 8.52. The molecular weight excluding hydrogens is 618 g/mol. The third-order valence-electron chi connectivity index (χ3n) is 8.52. The summed E-state index contributed by atoms with van der Waals surface area (Å²) in [5.74, 6) is -1.53. The quantitative estimate of drug-likeness (QED) is 0.0310. The first kappa shape index (κ1) is 46.5. The van der Waals surface area contributed by atoms with Crippen LogP contribution in [0.4, 0.5) is 0 Å².